The second-order valence-electron chi connectivity index (χ2n) is 4.54. The summed E-state index contributed by atoms with van der Waals surface area (Å²) in [7, 11) is 0. The van der Waals surface area contributed by atoms with Crippen LogP contribution >= 0.6 is 38.9 Å². The highest BCUT2D eigenvalue weighted by molar-refractivity contribution is 9.10. The summed E-state index contributed by atoms with van der Waals surface area (Å²) in [5.74, 6) is 2.27. The number of aromatic nitrogens is 2. The fourth-order valence-electron chi connectivity index (χ4n) is 1.89. The van der Waals surface area contributed by atoms with Crippen molar-refractivity contribution in [1.29, 1.82) is 0 Å². The van der Waals surface area contributed by atoms with Crippen molar-refractivity contribution in [2.45, 2.75) is 25.7 Å². The minimum Gasteiger partial charge on any atom is -0.370 e. The van der Waals surface area contributed by atoms with E-state index in [2.05, 4.69) is 44.2 Å². The van der Waals surface area contributed by atoms with Gasteiger partial charge in [-0.2, -0.15) is 0 Å². The van der Waals surface area contributed by atoms with Gasteiger partial charge >= 0.3 is 0 Å². The van der Waals surface area contributed by atoms with E-state index in [-0.39, 0.29) is 0 Å². The van der Waals surface area contributed by atoms with Gasteiger partial charge in [-0.25, -0.2) is 9.97 Å². The topological polar surface area (TPSA) is 37.8 Å². The standard InChI is InChI=1S/C13H13BrClN3S/c1-2-16-11-6-9(7-3-4-7)17-13(18-11)10-5-8(14)12(15)19-10/h5-7H,2-4H2,1H3,(H,16,17,18). The first-order valence-corrected chi connectivity index (χ1v) is 8.24. The largest absolute Gasteiger partial charge is 0.370 e. The molecule has 0 bridgehead atoms. The molecule has 3 nitrogen and oxygen atoms in total. The zero-order valence-corrected chi connectivity index (χ0v) is 13.6. The molecule has 19 heavy (non-hydrogen) atoms. The zero-order chi connectivity index (χ0) is 13.4. The van der Waals surface area contributed by atoms with E-state index in [0.29, 0.717) is 5.92 Å². The average Bonchev–Trinajstić information content (AvgIpc) is 3.17. The summed E-state index contributed by atoms with van der Waals surface area (Å²) in [4.78, 5) is 10.2. The number of thiophene rings is 1. The molecule has 2 aromatic rings. The van der Waals surface area contributed by atoms with E-state index in [0.717, 1.165) is 37.6 Å². The third-order valence-electron chi connectivity index (χ3n) is 2.97. The van der Waals surface area contributed by atoms with Crippen molar-refractivity contribution in [3.8, 4) is 10.7 Å². The third-order valence-corrected chi connectivity index (χ3v) is 5.44. The van der Waals surface area contributed by atoms with Crippen LogP contribution in [-0.2, 0) is 0 Å². The Bertz CT molecular complexity index is 590. The molecule has 0 unspecified atom stereocenters. The molecular weight excluding hydrogens is 346 g/mol. The van der Waals surface area contributed by atoms with Crippen molar-refractivity contribution < 1.29 is 0 Å². The van der Waals surface area contributed by atoms with E-state index in [1.165, 1.54) is 24.2 Å². The molecule has 0 amide bonds. The van der Waals surface area contributed by atoms with E-state index >= 15 is 0 Å². The third kappa shape index (κ3) is 2.93. The van der Waals surface area contributed by atoms with Crippen LogP contribution < -0.4 is 5.32 Å². The Morgan fingerprint density at radius 1 is 1.42 bits per heavy atom. The van der Waals surface area contributed by atoms with Gasteiger partial charge in [0.1, 0.15) is 10.2 Å². The van der Waals surface area contributed by atoms with Crippen molar-refractivity contribution >= 4 is 44.7 Å². The van der Waals surface area contributed by atoms with Crippen LogP contribution in [0.3, 0.4) is 0 Å². The lowest BCUT2D eigenvalue weighted by Crippen LogP contribution is -2.03. The average molecular weight is 359 g/mol. The summed E-state index contributed by atoms with van der Waals surface area (Å²) >= 11 is 11.0. The van der Waals surface area contributed by atoms with Gasteiger partial charge in [-0.15, -0.1) is 11.3 Å². The minimum absolute atomic E-state index is 0.609. The smallest absolute Gasteiger partial charge is 0.171 e. The molecule has 2 heterocycles. The quantitative estimate of drug-likeness (QED) is 0.842. The highest BCUT2D eigenvalue weighted by Gasteiger charge is 2.26. The molecule has 0 spiro atoms. The SMILES string of the molecule is CCNc1cc(C2CC2)nc(-c2cc(Br)c(Cl)s2)n1. The van der Waals surface area contributed by atoms with Crippen LogP contribution in [0.2, 0.25) is 4.34 Å². The van der Waals surface area contributed by atoms with Crippen molar-refractivity contribution in [3.63, 3.8) is 0 Å². The molecule has 0 aromatic carbocycles. The Hall–Kier alpha value is -0.650. The van der Waals surface area contributed by atoms with Crippen molar-refractivity contribution in [2.24, 2.45) is 0 Å². The lowest BCUT2D eigenvalue weighted by molar-refractivity contribution is 0.990. The maximum Gasteiger partial charge on any atom is 0.171 e. The Kier molecular flexibility index (Phi) is 3.78. The maximum atomic E-state index is 6.10. The van der Waals surface area contributed by atoms with E-state index in [9.17, 15) is 0 Å². The number of nitrogens with one attached hydrogen (secondary N) is 1. The van der Waals surface area contributed by atoms with Crippen LogP contribution in [0, 0.1) is 0 Å². The van der Waals surface area contributed by atoms with E-state index in [4.69, 9.17) is 11.6 Å². The summed E-state index contributed by atoms with van der Waals surface area (Å²) in [6.45, 7) is 2.92. The van der Waals surface area contributed by atoms with Gasteiger partial charge in [0.2, 0.25) is 0 Å². The molecule has 1 N–H and O–H groups in total. The van der Waals surface area contributed by atoms with E-state index in [1.807, 2.05) is 6.07 Å². The van der Waals surface area contributed by atoms with Gasteiger partial charge in [-0.05, 0) is 41.8 Å². The van der Waals surface area contributed by atoms with Crippen LogP contribution in [0.5, 0.6) is 0 Å². The summed E-state index contributed by atoms with van der Waals surface area (Å²) < 4.78 is 1.64. The highest BCUT2D eigenvalue weighted by atomic mass is 79.9. The molecule has 3 rings (SSSR count). The van der Waals surface area contributed by atoms with Crippen LogP contribution in [0.15, 0.2) is 16.6 Å². The van der Waals surface area contributed by atoms with Crippen LogP contribution in [0.4, 0.5) is 5.82 Å². The number of halogens is 2. The van der Waals surface area contributed by atoms with Gasteiger partial charge in [0.05, 0.1) is 4.88 Å². The summed E-state index contributed by atoms with van der Waals surface area (Å²) in [6, 6.07) is 4.05. The zero-order valence-electron chi connectivity index (χ0n) is 10.4. The maximum absolute atomic E-state index is 6.10. The number of anilines is 1. The Morgan fingerprint density at radius 3 is 2.79 bits per heavy atom. The van der Waals surface area contributed by atoms with Crippen molar-refractivity contribution in [3.05, 3.63) is 26.6 Å². The molecular formula is C13H13BrClN3S. The molecule has 1 saturated carbocycles. The number of nitrogens with zero attached hydrogens (tertiary/aromatic N) is 2. The molecule has 1 aliphatic rings. The monoisotopic (exact) mass is 357 g/mol. The van der Waals surface area contributed by atoms with E-state index in [1.54, 1.807) is 0 Å². The van der Waals surface area contributed by atoms with Gasteiger partial charge < -0.3 is 5.32 Å². The summed E-state index contributed by atoms with van der Waals surface area (Å²) in [5, 5.41) is 3.27. The summed E-state index contributed by atoms with van der Waals surface area (Å²) in [5.41, 5.74) is 1.14. The molecule has 1 fully saturated rings. The predicted octanol–water partition coefficient (Wildman–Crippen LogP) is 4.93. The lowest BCUT2D eigenvalue weighted by Gasteiger charge is -2.07. The number of hydrogen-bond acceptors (Lipinski definition) is 4. The lowest BCUT2D eigenvalue weighted by atomic mass is 10.2. The number of hydrogen-bond donors (Lipinski definition) is 1. The van der Waals surface area contributed by atoms with Gasteiger partial charge in [-0.1, -0.05) is 11.6 Å². The molecule has 6 heteroatoms. The minimum atomic E-state index is 0.609. The Morgan fingerprint density at radius 2 is 2.21 bits per heavy atom. The molecule has 2 aromatic heterocycles. The molecule has 0 radical (unpaired) electrons. The highest BCUT2D eigenvalue weighted by Crippen LogP contribution is 2.41. The first-order chi connectivity index (χ1) is 9.17. The van der Waals surface area contributed by atoms with Crippen molar-refractivity contribution in [1.82, 2.24) is 9.97 Å². The Balaban J connectivity index is 2.03. The van der Waals surface area contributed by atoms with Crippen molar-refractivity contribution in [2.75, 3.05) is 11.9 Å². The van der Waals surface area contributed by atoms with Gasteiger partial charge in [0.15, 0.2) is 5.82 Å². The number of rotatable bonds is 4. The van der Waals surface area contributed by atoms with Gasteiger partial charge in [0, 0.05) is 28.7 Å². The molecule has 0 aliphatic heterocycles. The van der Waals surface area contributed by atoms with Crippen LogP contribution in [0.1, 0.15) is 31.4 Å². The van der Waals surface area contributed by atoms with Crippen LogP contribution in [0.25, 0.3) is 10.7 Å². The fraction of sp³-hybridized carbons (Fsp3) is 0.385. The van der Waals surface area contributed by atoms with Crippen LogP contribution in [-0.4, -0.2) is 16.5 Å². The predicted molar refractivity (Wildman–Crippen MR) is 84.2 cm³/mol. The van der Waals surface area contributed by atoms with Gasteiger partial charge in [-0.3, -0.25) is 0 Å². The molecule has 0 atom stereocenters. The molecule has 100 valence electrons. The van der Waals surface area contributed by atoms with Gasteiger partial charge in [0.25, 0.3) is 0 Å². The Labute approximate surface area is 129 Å². The molecule has 1 aliphatic carbocycles. The fourth-order valence-corrected chi connectivity index (χ4v) is 3.53. The molecule has 0 saturated heterocycles. The first-order valence-electron chi connectivity index (χ1n) is 6.25. The normalized spacial score (nSPS) is 14.7. The summed E-state index contributed by atoms with van der Waals surface area (Å²) in [6.07, 6.45) is 2.47. The first kappa shape index (κ1) is 13.3. The van der Waals surface area contributed by atoms with E-state index < -0.39 is 0 Å². The second-order valence-corrected chi connectivity index (χ2v) is 7.05. The second kappa shape index (κ2) is 5.38.